The van der Waals surface area contributed by atoms with Crippen molar-refractivity contribution < 1.29 is 14.4 Å². The van der Waals surface area contributed by atoms with Gasteiger partial charge in [0.2, 0.25) is 5.91 Å². The van der Waals surface area contributed by atoms with E-state index in [4.69, 9.17) is 0 Å². The van der Waals surface area contributed by atoms with Gasteiger partial charge in [0.15, 0.2) is 22.5 Å². The molecule has 0 saturated carbocycles. The maximum Gasteiger partial charge on any atom is 0.234 e. The first kappa shape index (κ1) is 20.8. The van der Waals surface area contributed by atoms with Crippen molar-refractivity contribution in [1.29, 1.82) is 0 Å². The Morgan fingerprint density at radius 2 is 1.58 bits per heavy atom. The molecular weight excluding hydrogens is 438 g/mol. The van der Waals surface area contributed by atoms with E-state index in [2.05, 4.69) is 20.5 Å². The highest BCUT2D eigenvalue weighted by Crippen LogP contribution is 2.29. The summed E-state index contributed by atoms with van der Waals surface area (Å²) in [7, 11) is 1.83. The summed E-state index contributed by atoms with van der Waals surface area (Å²) in [5.74, 6) is 0.103. The molecule has 9 heteroatoms. The number of rotatable bonds is 5. The molecule has 2 aromatic heterocycles. The zero-order chi connectivity index (χ0) is 22.9. The first-order valence-corrected chi connectivity index (χ1v) is 11.1. The Morgan fingerprint density at radius 3 is 2.30 bits per heavy atom. The lowest BCUT2D eigenvalue weighted by molar-refractivity contribution is -0.113. The number of aromatic nitrogens is 4. The highest BCUT2D eigenvalue weighted by molar-refractivity contribution is 7.99. The molecule has 1 amide bonds. The van der Waals surface area contributed by atoms with Gasteiger partial charge in [0.25, 0.3) is 0 Å². The molecule has 0 bridgehead atoms. The molecule has 162 valence electrons. The van der Waals surface area contributed by atoms with Crippen LogP contribution in [0.4, 0.5) is 5.69 Å². The fraction of sp³-hybridized carbons (Fsp3) is 0.0833. The van der Waals surface area contributed by atoms with Crippen LogP contribution in [0.5, 0.6) is 0 Å². The topological polar surface area (TPSA) is 107 Å². The number of hydrogen-bond acceptors (Lipinski definition) is 7. The second-order valence-electron chi connectivity index (χ2n) is 7.40. The number of nitrogens with zero attached hydrogens (tertiary/aromatic N) is 4. The standard InChI is InChI=1S/C24H17N5O3S/c1-29-23(14-8-10-25-11-9-14)27-28-24(29)33-13-20(30)26-15-6-7-18-19(12-15)22(32)17-5-3-2-4-16(17)21(18)31/h2-12H,13H2,1H3,(H,26,30). The van der Waals surface area contributed by atoms with Crippen molar-refractivity contribution in [3.05, 3.63) is 89.2 Å². The number of anilines is 1. The predicted molar refractivity (Wildman–Crippen MR) is 123 cm³/mol. The summed E-state index contributed by atoms with van der Waals surface area (Å²) in [5, 5.41) is 11.7. The van der Waals surface area contributed by atoms with Crippen molar-refractivity contribution in [3.63, 3.8) is 0 Å². The Kier molecular flexibility index (Phi) is 5.31. The molecule has 0 saturated heterocycles. The molecule has 0 unspecified atom stereocenters. The zero-order valence-electron chi connectivity index (χ0n) is 17.5. The lowest BCUT2D eigenvalue weighted by Crippen LogP contribution is -2.21. The van der Waals surface area contributed by atoms with Crippen molar-refractivity contribution in [2.45, 2.75) is 5.16 Å². The van der Waals surface area contributed by atoms with Gasteiger partial charge in [0, 0.05) is 52.9 Å². The van der Waals surface area contributed by atoms with Crippen molar-refractivity contribution >= 4 is 34.9 Å². The number of carbonyl (C=O) groups excluding carboxylic acids is 3. The van der Waals surface area contributed by atoms with Gasteiger partial charge in [-0.25, -0.2) is 0 Å². The van der Waals surface area contributed by atoms with Crippen LogP contribution in [0.25, 0.3) is 11.4 Å². The molecule has 5 rings (SSSR count). The summed E-state index contributed by atoms with van der Waals surface area (Å²) in [6.45, 7) is 0. The average Bonchev–Trinajstić information content (AvgIpc) is 3.22. The number of pyridine rings is 1. The number of hydrogen-bond donors (Lipinski definition) is 1. The van der Waals surface area contributed by atoms with Crippen LogP contribution in [0.3, 0.4) is 0 Å². The third kappa shape index (κ3) is 3.83. The van der Waals surface area contributed by atoms with Gasteiger partial charge in [-0.3, -0.25) is 19.4 Å². The number of nitrogens with one attached hydrogen (secondary N) is 1. The number of thioether (sulfide) groups is 1. The molecule has 0 atom stereocenters. The fourth-order valence-electron chi connectivity index (χ4n) is 3.70. The normalized spacial score (nSPS) is 12.3. The minimum atomic E-state index is -0.261. The van der Waals surface area contributed by atoms with Gasteiger partial charge in [-0.05, 0) is 30.3 Å². The monoisotopic (exact) mass is 455 g/mol. The number of amides is 1. The molecule has 2 heterocycles. The van der Waals surface area contributed by atoms with Gasteiger partial charge in [-0.1, -0.05) is 36.0 Å². The second-order valence-corrected chi connectivity index (χ2v) is 8.34. The molecule has 1 N–H and O–H groups in total. The molecule has 0 fully saturated rings. The van der Waals surface area contributed by atoms with E-state index in [-0.39, 0.29) is 23.2 Å². The Hall–Kier alpha value is -4.11. The summed E-state index contributed by atoms with van der Waals surface area (Å²) < 4.78 is 1.81. The molecular formula is C24H17N5O3S. The molecule has 0 aliphatic heterocycles. The first-order valence-electron chi connectivity index (χ1n) is 10.1. The number of ketones is 2. The maximum atomic E-state index is 12.9. The lowest BCUT2D eigenvalue weighted by Gasteiger charge is -2.18. The summed E-state index contributed by atoms with van der Waals surface area (Å²) in [4.78, 5) is 42.1. The van der Waals surface area contributed by atoms with Crippen molar-refractivity contribution in [1.82, 2.24) is 19.7 Å². The molecule has 0 spiro atoms. The fourth-order valence-corrected chi connectivity index (χ4v) is 4.41. The van der Waals surface area contributed by atoms with Gasteiger partial charge < -0.3 is 9.88 Å². The minimum Gasteiger partial charge on any atom is -0.325 e. The van der Waals surface area contributed by atoms with E-state index in [1.807, 2.05) is 23.7 Å². The van der Waals surface area contributed by atoms with Gasteiger partial charge in [0.1, 0.15) is 0 Å². The maximum absolute atomic E-state index is 12.9. The van der Waals surface area contributed by atoms with Crippen LogP contribution in [-0.2, 0) is 11.8 Å². The van der Waals surface area contributed by atoms with Gasteiger partial charge >= 0.3 is 0 Å². The molecule has 0 radical (unpaired) electrons. The van der Waals surface area contributed by atoms with E-state index in [1.54, 1.807) is 54.9 Å². The van der Waals surface area contributed by atoms with Crippen molar-refractivity contribution in [2.24, 2.45) is 7.05 Å². The Labute approximate surface area is 193 Å². The third-order valence-electron chi connectivity index (χ3n) is 5.31. The van der Waals surface area contributed by atoms with Crippen LogP contribution in [0, 0.1) is 0 Å². The second kappa shape index (κ2) is 8.44. The van der Waals surface area contributed by atoms with E-state index in [1.165, 1.54) is 11.8 Å². The Morgan fingerprint density at radius 1 is 0.909 bits per heavy atom. The molecule has 8 nitrogen and oxygen atoms in total. The van der Waals surface area contributed by atoms with Crippen LogP contribution < -0.4 is 5.32 Å². The smallest absolute Gasteiger partial charge is 0.234 e. The average molecular weight is 455 g/mol. The largest absolute Gasteiger partial charge is 0.325 e. The van der Waals surface area contributed by atoms with Crippen LogP contribution in [0.2, 0.25) is 0 Å². The van der Waals surface area contributed by atoms with Crippen molar-refractivity contribution in [2.75, 3.05) is 11.1 Å². The number of carbonyl (C=O) groups is 3. The summed E-state index contributed by atoms with van der Waals surface area (Å²) in [6.07, 6.45) is 3.36. The summed E-state index contributed by atoms with van der Waals surface area (Å²) >= 11 is 1.25. The predicted octanol–water partition coefficient (Wildman–Crippen LogP) is 3.38. The van der Waals surface area contributed by atoms with Crippen LogP contribution >= 0.6 is 11.8 Å². The van der Waals surface area contributed by atoms with Gasteiger partial charge in [-0.2, -0.15) is 0 Å². The van der Waals surface area contributed by atoms with E-state index >= 15 is 0 Å². The molecule has 33 heavy (non-hydrogen) atoms. The van der Waals surface area contributed by atoms with Crippen LogP contribution in [0.1, 0.15) is 31.8 Å². The molecule has 1 aliphatic rings. The van der Waals surface area contributed by atoms with Gasteiger partial charge in [-0.15, -0.1) is 10.2 Å². The number of fused-ring (bicyclic) bond motifs is 2. The first-order chi connectivity index (χ1) is 16.0. The van der Waals surface area contributed by atoms with Crippen LogP contribution in [0.15, 0.2) is 72.1 Å². The minimum absolute atomic E-state index is 0.106. The molecule has 1 aliphatic carbocycles. The number of benzene rings is 2. The molecule has 4 aromatic rings. The zero-order valence-corrected chi connectivity index (χ0v) is 18.3. The summed E-state index contributed by atoms with van der Waals surface area (Å²) in [6, 6.07) is 15.2. The van der Waals surface area contributed by atoms with E-state index < -0.39 is 0 Å². The van der Waals surface area contributed by atoms with Crippen LogP contribution in [-0.4, -0.2) is 43.0 Å². The Balaban J connectivity index is 1.28. The highest BCUT2D eigenvalue weighted by atomic mass is 32.2. The highest BCUT2D eigenvalue weighted by Gasteiger charge is 2.29. The third-order valence-corrected chi connectivity index (χ3v) is 6.33. The molecule has 2 aromatic carbocycles. The van der Waals surface area contributed by atoms with E-state index in [0.717, 1.165) is 5.56 Å². The lowest BCUT2D eigenvalue weighted by atomic mass is 9.84. The summed E-state index contributed by atoms with van der Waals surface area (Å²) in [5.41, 5.74) is 2.74. The quantitative estimate of drug-likeness (QED) is 0.405. The van der Waals surface area contributed by atoms with E-state index in [9.17, 15) is 14.4 Å². The SMILES string of the molecule is Cn1c(SCC(=O)Nc2ccc3c(c2)C(=O)c2ccccc2C3=O)nnc1-c1ccncc1. The Bertz CT molecular complexity index is 1410. The van der Waals surface area contributed by atoms with Gasteiger partial charge in [0.05, 0.1) is 5.75 Å². The van der Waals surface area contributed by atoms with Crippen molar-refractivity contribution in [3.8, 4) is 11.4 Å². The van der Waals surface area contributed by atoms with E-state index in [0.29, 0.717) is 38.9 Å².